The first kappa shape index (κ1) is 14.8. The minimum absolute atomic E-state index is 0.00265. The maximum Gasteiger partial charge on any atom is 0.317 e. The second-order valence-electron chi connectivity index (χ2n) is 5.03. The van der Waals surface area contributed by atoms with Gasteiger partial charge in [0.2, 0.25) is 0 Å². The molecule has 1 aliphatic heterocycles. The summed E-state index contributed by atoms with van der Waals surface area (Å²) in [4.78, 5) is 16.2. The Kier molecular flexibility index (Phi) is 5.35. The average Bonchev–Trinajstić information content (AvgIpc) is 2.49. The van der Waals surface area contributed by atoms with Gasteiger partial charge < -0.3 is 15.1 Å². The van der Waals surface area contributed by atoms with Gasteiger partial charge in [0, 0.05) is 32.7 Å². The van der Waals surface area contributed by atoms with E-state index in [1.165, 1.54) is 12.1 Å². The lowest BCUT2D eigenvalue weighted by Gasteiger charge is -2.34. The number of carbonyl (C=O) groups excluding carboxylic acids is 1. The molecule has 110 valence electrons. The van der Waals surface area contributed by atoms with Gasteiger partial charge in [-0.25, -0.2) is 9.18 Å². The predicted molar refractivity (Wildman–Crippen MR) is 77.2 cm³/mol. The molecule has 2 rings (SSSR count). The largest absolute Gasteiger partial charge is 0.338 e. The van der Waals surface area contributed by atoms with E-state index in [0.717, 1.165) is 44.7 Å². The van der Waals surface area contributed by atoms with Gasteiger partial charge in [0.1, 0.15) is 5.82 Å². The minimum Gasteiger partial charge on any atom is -0.338 e. The standard InChI is InChI=1S/C15H22FN3O/c1-2-18-9-11-19(12-10-18)15(20)17-8-7-13-3-5-14(16)6-4-13/h3-6H,2,7-12H2,1H3,(H,17,20). The summed E-state index contributed by atoms with van der Waals surface area (Å²) < 4.78 is 12.8. The molecule has 1 heterocycles. The molecule has 0 bridgehead atoms. The third kappa shape index (κ3) is 4.20. The van der Waals surface area contributed by atoms with Crippen LogP contribution in [-0.4, -0.2) is 55.1 Å². The average molecular weight is 279 g/mol. The zero-order chi connectivity index (χ0) is 14.4. The Hall–Kier alpha value is -1.62. The fourth-order valence-corrected chi connectivity index (χ4v) is 2.34. The molecule has 0 spiro atoms. The third-order valence-corrected chi connectivity index (χ3v) is 3.71. The van der Waals surface area contributed by atoms with Gasteiger partial charge in [-0.3, -0.25) is 0 Å². The lowest BCUT2D eigenvalue weighted by molar-refractivity contribution is 0.143. The van der Waals surface area contributed by atoms with Crippen molar-refractivity contribution in [3.8, 4) is 0 Å². The Labute approximate surface area is 119 Å². The van der Waals surface area contributed by atoms with E-state index >= 15 is 0 Å². The van der Waals surface area contributed by atoms with Gasteiger partial charge in [-0.15, -0.1) is 0 Å². The maximum absolute atomic E-state index is 12.8. The van der Waals surface area contributed by atoms with Crippen molar-refractivity contribution in [1.29, 1.82) is 0 Å². The minimum atomic E-state index is -0.230. The Balaban J connectivity index is 1.69. The fourth-order valence-electron chi connectivity index (χ4n) is 2.34. The molecule has 1 aromatic carbocycles. The number of rotatable bonds is 4. The summed E-state index contributed by atoms with van der Waals surface area (Å²) in [6.45, 7) is 7.23. The zero-order valence-corrected chi connectivity index (χ0v) is 11.9. The van der Waals surface area contributed by atoms with Crippen molar-refractivity contribution in [2.24, 2.45) is 0 Å². The van der Waals surface area contributed by atoms with E-state index in [1.54, 1.807) is 12.1 Å². The first-order chi connectivity index (χ1) is 9.69. The second kappa shape index (κ2) is 7.24. The molecule has 4 nitrogen and oxygen atoms in total. The molecule has 0 aromatic heterocycles. The first-order valence-electron chi connectivity index (χ1n) is 7.18. The Morgan fingerprint density at radius 3 is 2.45 bits per heavy atom. The quantitative estimate of drug-likeness (QED) is 0.911. The van der Waals surface area contributed by atoms with Gasteiger partial charge in [0.05, 0.1) is 0 Å². The van der Waals surface area contributed by atoms with Gasteiger partial charge in [-0.05, 0) is 30.7 Å². The van der Waals surface area contributed by atoms with Crippen LogP contribution in [0.25, 0.3) is 0 Å². The summed E-state index contributed by atoms with van der Waals surface area (Å²) in [5.74, 6) is -0.230. The molecule has 2 amide bonds. The number of piperazine rings is 1. The molecule has 1 aliphatic rings. The first-order valence-corrected chi connectivity index (χ1v) is 7.18. The van der Waals surface area contributed by atoms with Crippen molar-refractivity contribution in [3.63, 3.8) is 0 Å². The molecule has 0 radical (unpaired) electrons. The molecule has 1 saturated heterocycles. The van der Waals surface area contributed by atoms with Crippen LogP contribution >= 0.6 is 0 Å². The number of likely N-dealkylation sites (N-methyl/N-ethyl adjacent to an activating group) is 1. The van der Waals surface area contributed by atoms with Crippen LogP contribution in [0.3, 0.4) is 0 Å². The number of hydrogen-bond acceptors (Lipinski definition) is 2. The molecule has 1 N–H and O–H groups in total. The number of benzene rings is 1. The van der Waals surface area contributed by atoms with Crippen molar-refractivity contribution in [2.75, 3.05) is 39.3 Å². The van der Waals surface area contributed by atoms with Gasteiger partial charge in [-0.1, -0.05) is 19.1 Å². The van der Waals surface area contributed by atoms with Crippen molar-refractivity contribution in [2.45, 2.75) is 13.3 Å². The topological polar surface area (TPSA) is 35.6 Å². The fraction of sp³-hybridized carbons (Fsp3) is 0.533. The van der Waals surface area contributed by atoms with Crippen molar-refractivity contribution in [1.82, 2.24) is 15.1 Å². The number of nitrogens with one attached hydrogen (secondary N) is 1. The van der Waals surface area contributed by atoms with Crippen LogP contribution in [0.15, 0.2) is 24.3 Å². The highest BCUT2D eigenvalue weighted by Gasteiger charge is 2.19. The second-order valence-corrected chi connectivity index (χ2v) is 5.03. The highest BCUT2D eigenvalue weighted by molar-refractivity contribution is 5.74. The third-order valence-electron chi connectivity index (χ3n) is 3.71. The van der Waals surface area contributed by atoms with E-state index < -0.39 is 0 Å². The highest BCUT2D eigenvalue weighted by Crippen LogP contribution is 2.04. The summed E-state index contributed by atoms with van der Waals surface area (Å²) in [6, 6.07) is 6.40. The normalized spacial score (nSPS) is 16.2. The molecule has 0 atom stereocenters. The number of amides is 2. The van der Waals surface area contributed by atoms with Crippen LogP contribution in [0.1, 0.15) is 12.5 Å². The van der Waals surface area contributed by atoms with E-state index in [1.807, 2.05) is 4.90 Å². The number of halogens is 1. The lowest BCUT2D eigenvalue weighted by atomic mass is 10.1. The molecular weight excluding hydrogens is 257 g/mol. The summed E-state index contributed by atoms with van der Waals surface area (Å²) in [5, 5.41) is 2.92. The highest BCUT2D eigenvalue weighted by atomic mass is 19.1. The summed E-state index contributed by atoms with van der Waals surface area (Å²) in [7, 11) is 0. The maximum atomic E-state index is 12.8. The number of carbonyl (C=O) groups is 1. The van der Waals surface area contributed by atoms with Crippen LogP contribution in [0.4, 0.5) is 9.18 Å². The number of urea groups is 1. The molecule has 1 fully saturated rings. The number of nitrogens with zero attached hydrogens (tertiary/aromatic N) is 2. The molecule has 1 aromatic rings. The molecule has 0 unspecified atom stereocenters. The van der Waals surface area contributed by atoms with Crippen molar-refractivity contribution < 1.29 is 9.18 Å². The Morgan fingerprint density at radius 1 is 1.20 bits per heavy atom. The van der Waals surface area contributed by atoms with Crippen LogP contribution < -0.4 is 5.32 Å². The zero-order valence-electron chi connectivity index (χ0n) is 11.9. The smallest absolute Gasteiger partial charge is 0.317 e. The molecule has 5 heteroatoms. The van der Waals surface area contributed by atoms with E-state index in [-0.39, 0.29) is 11.8 Å². The van der Waals surface area contributed by atoms with Crippen LogP contribution in [0, 0.1) is 5.82 Å². The van der Waals surface area contributed by atoms with Crippen molar-refractivity contribution >= 4 is 6.03 Å². The van der Waals surface area contributed by atoms with E-state index in [2.05, 4.69) is 17.1 Å². The van der Waals surface area contributed by atoms with Crippen LogP contribution in [-0.2, 0) is 6.42 Å². The summed E-state index contributed by atoms with van der Waals surface area (Å²) >= 11 is 0. The van der Waals surface area contributed by atoms with Crippen molar-refractivity contribution in [3.05, 3.63) is 35.6 Å². The Morgan fingerprint density at radius 2 is 1.85 bits per heavy atom. The lowest BCUT2D eigenvalue weighted by Crippen LogP contribution is -2.51. The van der Waals surface area contributed by atoms with Gasteiger partial charge >= 0.3 is 6.03 Å². The summed E-state index contributed by atoms with van der Waals surface area (Å²) in [5.41, 5.74) is 1.03. The predicted octanol–water partition coefficient (Wildman–Crippen LogP) is 1.72. The van der Waals surface area contributed by atoms with Gasteiger partial charge in [0.25, 0.3) is 0 Å². The Bertz CT molecular complexity index is 427. The van der Waals surface area contributed by atoms with E-state index in [9.17, 15) is 9.18 Å². The van der Waals surface area contributed by atoms with E-state index in [4.69, 9.17) is 0 Å². The molecular formula is C15H22FN3O. The molecule has 0 aliphatic carbocycles. The number of hydrogen-bond donors (Lipinski definition) is 1. The van der Waals surface area contributed by atoms with Gasteiger partial charge in [0.15, 0.2) is 0 Å². The molecule has 0 saturated carbocycles. The van der Waals surface area contributed by atoms with E-state index in [0.29, 0.717) is 6.54 Å². The van der Waals surface area contributed by atoms with Crippen LogP contribution in [0.5, 0.6) is 0 Å². The molecule has 20 heavy (non-hydrogen) atoms. The SMILES string of the molecule is CCN1CCN(C(=O)NCCc2ccc(F)cc2)CC1. The monoisotopic (exact) mass is 279 g/mol. The van der Waals surface area contributed by atoms with Crippen LogP contribution in [0.2, 0.25) is 0 Å². The van der Waals surface area contributed by atoms with Gasteiger partial charge in [-0.2, -0.15) is 0 Å². The summed E-state index contributed by atoms with van der Waals surface area (Å²) in [6.07, 6.45) is 0.723.